The average molecular weight is 258 g/mol. The molecule has 1 fully saturated rings. The first-order chi connectivity index (χ1) is 8.61. The quantitative estimate of drug-likeness (QED) is 0.671. The molecule has 4 nitrogen and oxygen atoms in total. The van der Waals surface area contributed by atoms with Crippen molar-refractivity contribution in [3.8, 4) is 0 Å². The van der Waals surface area contributed by atoms with E-state index in [0.29, 0.717) is 18.9 Å². The van der Waals surface area contributed by atoms with E-state index in [4.69, 9.17) is 14.2 Å². The molecule has 1 aliphatic heterocycles. The normalized spacial score (nSPS) is 24.4. The van der Waals surface area contributed by atoms with Gasteiger partial charge in [0.25, 0.3) is 0 Å². The Labute approximate surface area is 110 Å². The predicted molar refractivity (Wildman–Crippen MR) is 69.4 cm³/mol. The molecule has 1 heterocycles. The largest absolute Gasteiger partial charge is 0.371 e. The molecule has 2 atom stereocenters. The van der Waals surface area contributed by atoms with E-state index >= 15 is 0 Å². The minimum Gasteiger partial charge on any atom is -0.371 e. The van der Waals surface area contributed by atoms with Gasteiger partial charge in [-0.25, -0.2) is 0 Å². The van der Waals surface area contributed by atoms with Crippen molar-refractivity contribution in [2.75, 3.05) is 19.8 Å². The van der Waals surface area contributed by atoms with E-state index in [2.05, 4.69) is 13.8 Å². The molecule has 0 N–H and O–H groups in total. The Morgan fingerprint density at radius 1 is 1.39 bits per heavy atom. The fraction of sp³-hybridized carbons (Fsp3) is 0.929. The molecule has 2 unspecified atom stereocenters. The molecule has 0 aromatic heterocycles. The maximum absolute atomic E-state index is 11.1. The van der Waals surface area contributed by atoms with Gasteiger partial charge in [-0.15, -0.1) is 0 Å². The molecular formula is C14H26O4. The van der Waals surface area contributed by atoms with Crippen LogP contribution in [0.3, 0.4) is 0 Å². The summed E-state index contributed by atoms with van der Waals surface area (Å²) in [4.78, 5) is 11.1. The van der Waals surface area contributed by atoms with Crippen molar-refractivity contribution in [2.45, 2.75) is 58.8 Å². The molecule has 0 aromatic rings. The highest BCUT2D eigenvalue weighted by Gasteiger charge is 2.23. The van der Waals surface area contributed by atoms with Gasteiger partial charge in [-0.1, -0.05) is 20.8 Å². The van der Waals surface area contributed by atoms with Gasteiger partial charge in [0, 0.05) is 6.42 Å². The molecule has 0 saturated carbocycles. The summed E-state index contributed by atoms with van der Waals surface area (Å²) >= 11 is 0. The summed E-state index contributed by atoms with van der Waals surface area (Å²) in [7, 11) is 0. The first-order valence-electron chi connectivity index (χ1n) is 6.98. The first kappa shape index (κ1) is 15.6. The molecule has 1 saturated heterocycles. The summed E-state index contributed by atoms with van der Waals surface area (Å²) in [5.74, 6) is 0.658. The van der Waals surface area contributed by atoms with Crippen molar-refractivity contribution in [1.29, 1.82) is 0 Å². The standard InChI is InChI=1S/C14H26O4/c1-4-12(15)9-16-10-13-6-5-7-14(18-13)17-8-11(2)3/h11,13-14H,4-10H2,1-3H3. The number of rotatable bonds is 8. The van der Waals surface area contributed by atoms with Crippen LogP contribution in [-0.4, -0.2) is 38.0 Å². The molecule has 1 rings (SSSR count). The number of hydrogen-bond acceptors (Lipinski definition) is 4. The van der Waals surface area contributed by atoms with Crippen molar-refractivity contribution in [3.63, 3.8) is 0 Å². The molecule has 0 spiro atoms. The van der Waals surface area contributed by atoms with Crippen molar-refractivity contribution in [2.24, 2.45) is 5.92 Å². The van der Waals surface area contributed by atoms with Crippen molar-refractivity contribution in [1.82, 2.24) is 0 Å². The predicted octanol–water partition coefficient (Wildman–Crippen LogP) is 2.55. The smallest absolute Gasteiger partial charge is 0.158 e. The van der Waals surface area contributed by atoms with E-state index in [1.807, 2.05) is 6.92 Å². The number of Topliss-reactive ketones (excluding diaryl/α,β-unsaturated/α-hetero) is 1. The van der Waals surface area contributed by atoms with Crippen LogP contribution in [0.15, 0.2) is 0 Å². The van der Waals surface area contributed by atoms with Crippen LogP contribution in [0.25, 0.3) is 0 Å². The number of hydrogen-bond donors (Lipinski definition) is 0. The lowest BCUT2D eigenvalue weighted by molar-refractivity contribution is -0.207. The molecule has 18 heavy (non-hydrogen) atoms. The zero-order chi connectivity index (χ0) is 13.4. The van der Waals surface area contributed by atoms with E-state index in [0.717, 1.165) is 25.9 Å². The fourth-order valence-corrected chi connectivity index (χ4v) is 1.81. The Bertz CT molecular complexity index is 240. The lowest BCUT2D eigenvalue weighted by Crippen LogP contribution is -2.33. The summed E-state index contributed by atoms with van der Waals surface area (Å²) < 4.78 is 16.8. The molecule has 106 valence electrons. The van der Waals surface area contributed by atoms with Crippen LogP contribution in [0, 0.1) is 5.92 Å². The molecule has 4 heteroatoms. The number of carbonyl (C=O) groups excluding carboxylic acids is 1. The van der Waals surface area contributed by atoms with Crippen LogP contribution in [0.2, 0.25) is 0 Å². The van der Waals surface area contributed by atoms with Gasteiger partial charge in [0.1, 0.15) is 6.61 Å². The van der Waals surface area contributed by atoms with Crippen LogP contribution in [-0.2, 0) is 19.0 Å². The summed E-state index contributed by atoms with van der Waals surface area (Å²) in [6.07, 6.45) is 3.54. The summed E-state index contributed by atoms with van der Waals surface area (Å²) in [5.41, 5.74) is 0. The molecular weight excluding hydrogens is 232 g/mol. The Hall–Kier alpha value is -0.450. The van der Waals surface area contributed by atoms with Crippen LogP contribution in [0.1, 0.15) is 46.5 Å². The molecule has 1 aliphatic rings. The van der Waals surface area contributed by atoms with Crippen LogP contribution in [0.4, 0.5) is 0 Å². The monoisotopic (exact) mass is 258 g/mol. The van der Waals surface area contributed by atoms with Crippen molar-refractivity contribution in [3.05, 3.63) is 0 Å². The third-order valence-corrected chi connectivity index (χ3v) is 2.89. The fourth-order valence-electron chi connectivity index (χ4n) is 1.81. The van der Waals surface area contributed by atoms with Gasteiger partial charge < -0.3 is 14.2 Å². The zero-order valence-corrected chi connectivity index (χ0v) is 11.8. The van der Waals surface area contributed by atoms with E-state index in [1.165, 1.54) is 0 Å². The van der Waals surface area contributed by atoms with Crippen LogP contribution >= 0.6 is 0 Å². The number of ketones is 1. The third-order valence-electron chi connectivity index (χ3n) is 2.89. The highest BCUT2D eigenvalue weighted by Crippen LogP contribution is 2.20. The number of ether oxygens (including phenoxy) is 3. The van der Waals surface area contributed by atoms with Gasteiger partial charge in [0.05, 0.1) is 19.3 Å². The highest BCUT2D eigenvalue weighted by molar-refractivity contribution is 5.79. The minimum absolute atomic E-state index is 0.0700. The van der Waals surface area contributed by atoms with Gasteiger partial charge in [-0.3, -0.25) is 4.79 Å². The first-order valence-corrected chi connectivity index (χ1v) is 6.98. The average Bonchev–Trinajstić information content (AvgIpc) is 2.36. The molecule has 0 aromatic carbocycles. The molecule has 0 radical (unpaired) electrons. The van der Waals surface area contributed by atoms with E-state index in [9.17, 15) is 4.79 Å². The third kappa shape index (κ3) is 6.47. The Kier molecular flexibility index (Phi) is 7.47. The lowest BCUT2D eigenvalue weighted by Gasteiger charge is -2.30. The van der Waals surface area contributed by atoms with Crippen LogP contribution < -0.4 is 0 Å². The Balaban J connectivity index is 2.16. The van der Waals surface area contributed by atoms with Gasteiger partial charge in [-0.2, -0.15) is 0 Å². The van der Waals surface area contributed by atoms with Gasteiger partial charge in [0.2, 0.25) is 0 Å². The van der Waals surface area contributed by atoms with Crippen molar-refractivity contribution >= 4 is 5.78 Å². The minimum atomic E-state index is -0.100. The summed E-state index contributed by atoms with van der Waals surface area (Å²) in [6, 6.07) is 0. The SMILES string of the molecule is CCC(=O)COCC1CCCC(OCC(C)C)O1. The highest BCUT2D eigenvalue weighted by atomic mass is 16.7. The second-order valence-electron chi connectivity index (χ2n) is 5.25. The maximum Gasteiger partial charge on any atom is 0.158 e. The number of carbonyl (C=O) groups is 1. The summed E-state index contributed by atoms with van der Waals surface area (Å²) in [6.45, 7) is 7.52. The van der Waals surface area contributed by atoms with E-state index in [1.54, 1.807) is 0 Å². The second-order valence-corrected chi connectivity index (χ2v) is 5.25. The van der Waals surface area contributed by atoms with Gasteiger partial charge >= 0.3 is 0 Å². The van der Waals surface area contributed by atoms with E-state index < -0.39 is 0 Å². The van der Waals surface area contributed by atoms with Crippen molar-refractivity contribution < 1.29 is 19.0 Å². The summed E-state index contributed by atoms with van der Waals surface area (Å²) in [5, 5.41) is 0. The lowest BCUT2D eigenvalue weighted by atomic mass is 10.1. The topological polar surface area (TPSA) is 44.8 Å². The van der Waals surface area contributed by atoms with E-state index in [-0.39, 0.29) is 24.8 Å². The Morgan fingerprint density at radius 2 is 2.17 bits per heavy atom. The maximum atomic E-state index is 11.1. The van der Waals surface area contributed by atoms with Gasteiger partial charge in [0.15, 0.2) is 12.1 Å². The Morgan fingerprint density at radius 3 is 2.83 bits per heavy atom. The molecule has 0 bridgehead atoms. The molecule has 0 aliphatic carbocycles. The molecule has 0 amide bonds. The van der Waals surface area contributed by atoms with Crippen LogP contribution in [0.5, 0.6) is 0 Å². The zero-order valence-electron chi connectivity index (χ0n) is 11.8. The van der Waals surface area contributed by atoms with Gasteiger partial charge in [-0.05, 0) is 25.2 Å². The second kappa shape index (κ2) is 8.62.